The summed E-state index contributed by atoms with van der Waals surface area (Å²) in [5.41, 5.74) is 8.75. The second kappa shape index (κ2) is 6.98. The van der Waals surface area contributed by atoms with Gasteiger partial charge in [-0.2, -0.15) is 0 Å². The highest BCUT2D eigenvalue weighted by Gasteiger charge is 2.27. The van der Waals surface area contributed by atoms with Crippen LogP contribution in [0.5, 0.6) is 0 Å². The van der Waals surface area contributed by atoms with Crippen LogP contribution in [0.4, 0.5) is 17.1 Å². The molecule has 0 saturated heterocycles. The number of rotatable bonds is 3. The number of para-hydroxylation sites is 1. The first-order chi connectivity index (χ1) is 12.6. The van der Waals surface area contributed by atoms with Gasteiger partial charge in [0.15, 0.2) is 0 Å². The second-order valence-corrected chi connectivity index (χ2v) is 7.10. The van der Waals surface area contributed by atoms with Crippen molar-refractivity contribution >= 4 is 45.9 Å². The van der Waals surface area contributed by atoms with E-state index < -0.39 is 0 Å². The molecule has 3 aromatic carbocycles. The summed E-state index contributed by atoms with van der Waals surface area (Å²) in [7, 11) is 0. The van der Waals surface area contributed by atoms with Crippen molar-refractivity contribution < 1.29 is 0 Å². The third kappa shape index (κ3) is 3.26. The van der Waals surface area contributed by atoms with Crippen molar-refractivity contribution in [3.05, 3.63) is 88.9 Å². The summed E-state index contributed by atoms with van der Waals surface area (Å²) in [6.07, 6.45) is 0. The molecule has 0 saturated carbocycles. The van der Waals surface area contributed by atoms with Gasteiger partial charge >= 0.3 is 0 Å². The smallest absolute Gasteiger partial charge is 0.131 e. The van der Waals surface area contributed by atoms with Gasteiger partial charge < -0.3 is 4.90 Å². The van der Waals surface area contributed by atoms with Gasteiger partial charge in [-0.3, -0.25) is 10.4 Å². The van der Waals surface area contributed by atoms with Crippen molar-refractivity contribution in [1.29, 1.82) is 0 Å². The number of fused-ring (bicyclic) bond motifs is 1. The minimum absolute atomic E-state index is 0.587. The Bertz CT molecular complexity index is 941. The Labute approximate surface area is 163 Å². The lowest BCUT2D eigenvalue weighted by atomic mass is 10.1. The summed E-state index contributed by atoms with van der Waals surface area (Å²) in [4.78, 5) is 2.97. The molecule has 0 spiro atoms. The van der Waals surface area contributed by atoms with Crippen LogP contribution in [0.2, 0.25) is 5.02 Å². The van der Waals surface area contributed by atoms with Gasteiger partial charge in [-0.15, -0.1) is 0 Å². The Hall–Kier alpha value is -2.56. The van der Waals surface area contributed by atoms with Crippen LogP contribution in [0, 0.1) is 6.92 Å². The third-order valence-corrected chi connectivity index (χ3v) is 5.07. The van der Waals surface area contributed by atoms with E-state index in [9.17, 15) is 0 Å². The largest absolute Gasteiger partial charge is 0.321 e. The van der Waals surface area contributed by atoms with Crippen LogP contribution in [0.1, 0.15) is 11.1 Å². The summed E-state index contributed by atoms with van der Waals surface area (Å²) in [6, 6.07) is 24.4. The molecular weight excluding hydrogens is 362 g/mol. The van der Waals surface area contributed by atoms with Gasteiger partial charge in [0.25, 0.3) is 0 Å². The van der Waals surface area contributed by atoms with Gasteiger partial charge in [-0.05, 0) is 49.4 Å². The zero-order valence-electron chi connectivity index (χ0n) is 14.3. The van der Waals surface area contributed by atoms with Crippen molar-refractivity contribution in [1.82, 2.24) is 5.01 Å². The number of hydrogen-bond donors (Lipinski definition) is 1. The van der Waals surface area contributed by atoms with Crippen molar-refractivity contribution in [3.63, 3.8) is 0 Å². The highest BCUT2D eigenvalue weighted by molar-refractivity contribution is 7.80. The van der Waals surface area contributed by atoms with Crippen LogP contribution >= 0.6 is 23.8 Å². The fourth-order valence-electron chi connectivity index (χ4n) is 3.04. The molecule has 0 aliphatic carbocycles. The summed E-state index contributed by atoms with van der Waals surface area (Å²) < 4.78 is 0. The molecule has 1 heterocycles. The number of hydrogen-bond acceptors (Lipinski definition) is 3. The normalized spacial score (nSPS) is 13.5. The van der Waals surface area contributed by atoms with Gasteiger partial charge in [0.05, 0.1) is 11.4 Å². The van der Waals surface area contributed by atoms with E-state index in [2.05, 4.69) is 41.5 Å². The minimum Gasteiger partial charge on any atom is -0.321 e. The summed E-state index contributed by atoms with van der Waals surface area (Å²) in [5, 5.41) is 2.69. The number of thiocarbonyl (C=S) groups is 1. The Balaban J connectivity index is 1.75. The Morgan fingerprint density at radius 3 is 2.42 bits per heavy atom. The molecular formula is C21H18ClN3S. The lowest BCUT2D eigenvalue weighted by Gasteiger charge is -2.40. The Morgan fingerprint density at radius 2 is 1.69 bits per heavy atom. The first kappa shape index (κ1) is 16.9. The zero-order chi connectivity index (χ0) is 18.1. The number of benzene rings is 3. The molecule has 130 valence electrons. The van der Waals surface area contributed by atoms with E-state index in [1.807, 2.05) is 53.5 Å². The predicted molar refractivity (Wildman–Crippen MR) is 113 cm³/mol. The van der Waals surface area contributed by atoms with E-state index in [4.69, 9.17) is 23.8 Å². The van der Waals surface area contributed by atoms with Crippen molar-refractivity contribution in [2.75, 3.05) is 17.0 Å². The lowest BCUT2D eigenvalue weighted by molar-refractivity contribution is 0.505. The lowest BCUT2D eigenvalue weighted by Crippen LogP contribution is -2.47. The summed E-state index contributed by atoms with van der Waals surface area (Å²) in [6.45, 7) is 2.67. The number of nitrogens with one attached hydrogen (secondary N) is 1. The zero-order valence-corrected chi connectivity index (χ0v) is 15.9. The van der Waals surface area contributed by atoms with E-state index in [1.54, 1.807) is 0 Å². The number of halogens is 1. The highest BCUT2D eigenvalue weighted by Crippen LogP contribution is 2.36. The molecule has 0 amide bonds. The van der Waals surface area contributed by atoms with Crippen molar-refractivity contribution in [2.45, 2.75) is 6.92 Å². The van der Waals surface area contributed by atoms with Crippen LogP contribution in [0.25, 0.3) is 0 Å². The quantitative estimate of drug-likeness (QED) is 0.582. The second-order valence-electron chi connectivity index (χ2n) is 6.28. The highest BCUT2D eigenvalue weighted by atomic mass is 35.5. The number of nitrogens with zero attached hydrogens (tertiary/aromatic N) is 2. The molecule has 1 N–H and O–H groups in total. The molecule has 5 heteroatoms. The number of aryl methyl sites for hydroxylation is 1. The molecule has 0 unspecified atom stereocenters. The van der Waals surface area contributed by atoms with Crippen LogP contribution < -0.4 is 10.3 Å². The predicted octanol–water partition coefficient (Wildman–Crippen LogP) is 5.76. The maximum Gasteiger partial charge on any atom is 0.131 e. The summed E-state index contributed by atoms with van der Waals surface area (Å²) in [5.74, 6) is 0. The first-order valence-corrected chi connectivity index (χ1v) is 9.18. The van der Waals surface area contributed by atoms with E-state index in [1.165, 1.54) is 5.56 Å². The molecule has 0 bridgehead atoms. The van der Waals surface area contributed by atoms with Gasteiger partial charge in [0, 0.05) is 16.3 Å². The molecule has 4 rings (SSSR count). The Morgan fingerprint density at radius 1 is 0.962 bits per heavy atom. The molecule has 3 aromatic rings. The van der Waals surface area contributed by atoms with Gasteiger partial charge in [-0.25, -0.2) is 0 Å². The van der Waals surface area contributed by atoms with Crippen LogP contribution in [0.3, 0.4) is 0 Å². The molecule has 3 nitrogen and oxygen atoms in total. The topological polar surface area (TPSA) is 18.5 Å². The van der Waals surface area contributed by atoms with E-state index in [0.29, 0.717) is 11.7 Å². The average Bonchev–Trinajstić information content (AvgIpc) is 2.65. The molecule has 0 radical (unpaired) electrons. The molecule has 26 heavy (non-hydrogen) atoms. The van der Waals surface area contributed by atoms with E-state index in [0.717, 1.165) is 27.6 Å². The molecule has 0 aromatic heterocycles. The van der Waals surface area contributed by atoms with Crippen molar-refractivity contribution in [2.24, 2.45) is 0 Å². The van der Waals surface area contributed by atoms with Crippen LogP contribution in [0.15, 0.2) is 72.8 Å². The van der Waals surface area contributed by atoms with Gasteiger partial charge in [0.1, 0.15) is 11.7 Å². The van der Waals surface area contributed by atoms with Crippen LogP contribution in [-0.2, 0) is 0 Å². The number of anilines is 3. The maximum absolute atomic E-state index is 6.27. The SMILES string of the molecule is Cc1ccc(N2CN(Nc3ccccc3)C(=S)c3ccc(Cl)cc32)cc1. The molecule has 1 aliphatic rings. The fourth-order valence-corrected chi connectivity index (χ4v) is 3.48. The standard InChI is InChI=1S/C21H18ClN3S/c1-15-7-10-18(11-8-15)24-14-25(23-17-5-3-2-4-6-17)21(26)19-12-9-16(22)13-20(19)24/h2-13,23H,14H2,1H3. The minimum atomic E-state index is 0.587. The molecule has 0 fully saturated rings. The Kier molecular flexibility index (Phi) is 4.53. The average molecular weight is 380 g/mol. The molecule has 0 atom stereocenters. The van der Waals surface area contributed by atoms with Crippen LogP contribution in [-0.4, -0.2) is 16.7 Å². The van der Waals surface area contributed by atoms with E-state index >= 15 is 0 Å². The van der Waals surface area contributed by atoms with Gasteiger partial charge in [-0.1, -0.05) is 59.7 Å². The molecule has 1 aliphatic heterocycles. The monoisotopic (exact) mass is 379 g/mol. The third-order valence-electron chi connectivity index (χ3n) is 4.39. The van der Waals surface area contributed by atoms with Crippen molar-refractivity contribution in [3.8, 4) is 0 Å². The maximum atomic E-state index is 6.27. The van der Waals surface area contributed by atoms with Gasteiger partial charge in [0.2, 0.25) is 0 Å². The van der Waals surface area contributed by atoms with E-state index in [-0.39, 0.29) is 0 Å². The first-order valence-electron chi connectivity index (χ1n) is 8.39. The number of hydrazine groups is 1. The fraction of sp³-hybridized carbons (Fsp3) is 0.0952. The summed E-state index contributed by atoms with van der Waals surface area (Å²) >= 11 is 12.0.